The second-order valence-corrected chi connectivity index (χ2v) is 9.01. The van der Waals surface area contributed by atoms with E-state index in [4.69, 9.17) is 4.74 Å². The Balaban J connectivity index is 1.69. The molecule has 0 bridgehead atoms. The van der Waals surface area contributed by atoms with E-state index < -0.39 is 0 Å². The van der Waals surface area contributed by atoms with Gasteiger partial charge in [0, 0.05) is 25.7 Å². The third-order valence-electron chi connectivity index (χ3n) is 6.74. The van der Waals surface area contributed by atoms with E-state index in [2.05, 4.69) is 6.92 Å². The summed E-state index contributed by atoms with van der Waals surface area (Å²) in [4.78, 5) is 30.8. The normalized spacial score (nSPS) is 23.1. The molecule has 168 valence electrons. The van der Waals surface area contributed by atoms with Crippen LogP contribution in [0.1, 0.15) is 63.9 Å². The van der Waals surface area contributed by atoms with Crippen molar-refractivity contribution in [1.29, 1.82) is 0 Å². The fraction of sp³-hybridized carbons (Fsp3) is 0.600. The monoisotopic (exact) mass is 426 g/mol. The molecule has 6 heteroatoms. The summed E-state index contributed by atoms with van der Waals surface area (Å²) in [5.74, 6) is 0.586. The zero-order valence-electron chi connectivity index (χ0n) is 18.5. The molecular weight excluding hydrogens is 392 g/mol. The SMILES string of the molecule is CCCOc1ccc(C2=C(N3CCCC(CO)C3)C(=O)N(C3CCCCC3)C2=O)cc1. The van der Waals surface area contributed by atoms with Crippen LogP contribution in [-0.4, -0.2) is 59.1 Å². The minimum Gasteiger partial charge on any atom is -0.494 e. The minimum atomic E-state index is -0.166. The van der Waals surface area contributed by atoms with Gasteiger partial charge in [-0.15, -0.1) is 0 Å². The standard InChI is InChI=1S/C25H34N2O4/c1-2-15-31-21-12-10-19(11-13-21)22-23(26-14-6-7-18(16-26)17-28)25(30)27(24(22)29)20-8-4-3-5-9-20/h10-13,18,20,28H,2-9,14-17H2,1H3. The Hall–Kier alpha value is -2.34. The number of aliphatic hydroxyl groups is 1. The Bertz CT molecular complexity index is 826. The molecule has 0 spiro atoms. The van der Waals surface area contributed by atoms with E-state index in [1.807, 2.05) is 29.2 Å². The van der Waals surface area contributed by atoms with Gasteiger partial charge in [-0.05, 0) is 55.7 Å². The highest BCUT2D eigenvalue weighted by Crippen LogP contribution is 2.37. The smallest absolute Gasteiger partial charge is 0.278 e. The molecule has 6 nitrogen and oxygen atoms in total. The molecule has 1 unspecified atom stereocenters. The molecule has 0 radical (unpaired) electrons. The van der Waals surface area contributed by atoms with Gasteiger partial charge in [0.05, 0.1) is 12.2 Å². The number of amides is 2. The Morgan fingerprint density at radius 2 is 1.74 bits per heavy atom. The number of likely N-dealkylation sites (tertiary alicyclic amines) is 1. The molecule has 2 amide bonds. The first kappa shape index (κ1) is 21.9. The summed E-state index contributed by atoms with van der Waals surface area (Å²) in [6.45, 7) is 4.18. The Morgan fingerprint density at radius 1 is 1.00 bits per heavy atom. The maximum absolute atomic E-state index is 13.6. The molecule has 2 heterocycles. The maximum atomic E-state index is 13.6. The van der Waals surface area contributed by atoms with E-state index >= 15 is 0 Å². The van der Waals surface area contributed by atoms with Crippen LogP contribution in [0.5, 0.6) is 5.75 Å². The lowest BCUT2D eigenvalue weighted by molar-refractivity contribution is -0.141. The van der Waals surface area contributed by atoms with E-state index in [0.29, 0.717) is 24.4 Å². The highest BCUT2D eigenvalue weighted by atomic mass is 16.5. The Morgan fingerprint density at radius 3 is 2.42 bits per heavy atom. The number of carbonyl (C=O) groups is 2. The first-order valence-electron chi connectivity index (χ1n) is 11.8. The van der Waals surface area contributed by atoms with Crippen LogP contribution in [0.25, 0.3) is 5.57 Å². The minimum absolute atomic E-state index is 0.00756. The number of aliphatic hydroxyl groups excluding tert-OH is 1. The first-order valence-corrected chi connectivity index (χ1v) is 11.8. The topological polar surface area (TPSA) is 70.1 Å². The number of piperidine rings is 1. The number of imide groups is 1. The van der Waals surface area contributed by atoms with Crippen LogP contribution in [-0.2, 0) is 9.59 Å². The van der Waals surface area contributed by atoms with Gasteiger partial charge >= 0.3 is 0 Å². The lowest BCUT2D eigenvalue weighted by Gasteiger charge is -2.35. The third-order valence-corrected chi connectivity index (χ3v) is 6.74. The second kappa shape index (κ2) is 9.86. The lowest BCUT2D eigenvalue weighted by Crippen LogP contribution is -2.45. The van der Waals surface area contributed by atoms with Crippen molar-refractivity contribution in [3.63, 3.8) is 0 Å². The molecule has 1 aromatic carbocycles. The number of hydrogen-bond donors (Lipinski definition) is 1. The molecule has 1 aromatic rings. The highest BCUT2D eigenvalue weighted by molar-refractivity contribution is 6.35. The summed E-state index contributed by atoms with van der Waals surface area (Å²) in [5, 5.41) is 9.69. The molecule has 1 atom stereocenters. The Labute approximate surface area is 184 Å². The van der Waals surface area contributed by atoms with E-state index in [-0.39, 0.29) is 30.4 Å². The largest absolute Gasteiger partial charge is 0.494 e. The molecule has 31 heavy (non-hydrogen) atoms. The van der Waals surface area contributed by atoms with E-state index in [1.165, 1.54) is 11.3 Å². The van der Waals surface area contributed by atoms with Crippen molar-refractivity contribution in [3.05, 3.63) is 35.5 Å². The molecule has 3 aliphatic rings. The lowest BCUT2D eigenvalue weighted by atomic mass is 9.94. The number of rotatable bonds is 7. The number of hydrogen-bond acceptors (Lipinski definition) is 5. The van der Waals surface area contributed by atoms with Crippen molar-refractivity contribution >= 4 is 17.4 Å². The fourth-order valence-electron chi connectivity index (χ4n) is 5.11. The summed E-state index contributed by atoms with van der Waals surface area (Å²) in [6, 6.07) is 7.53. The second-order valence-electron chi connectivity index (χ2n) is 9.01. The molecule has 1 N–H and O–H groups in total. The summed E-state index contributed by atoms with van der Waals surface area (Å²) in [7, 11) is 0. The highest BCUT2D eigenvalue weighted by Gasteiger charge is 2.45. The van der Waals surface area contributed by atoms with Gasteiger partial charge in [0.2, 0.25) is 0 Å². The average molecular weight is 427 g/mol. The zero-order chi connectivity index (χ0) is 21.8. The van der Waals surface area contributed by atoms with Gasteiger partial charge in [0.15, 0.2) is 0 Å². The van der Waals surface area contributed by atoms with Gasteiger partial charge in [0.25, 0.3) is 11.8 Å². The summed E-state index contributed by atoms with van der Waals surface area (Å²) < 4.78 is 5.69. The number of benzene rings is 1. The van der Waals surface area contributed by atoms with Crippen molar-refractivity contribution in [2.45, 2.75) is 64.3 Å². The van der Waals surface area contributed by atoms with Crippen LogP contribution in [0.2, 0.25) is 0 Å². The van der Waals surface area contributed by atoms with E-state index in [9.17, 15) is 14.7 Å². The van der Waals surface area contributed by atoms with E-state index in [0.717, 1.165) is 62.8 Å². The van der Waals surface area contributed by atoms with Crippen LogP contribution in [0.4, 0.5) is 0 Å². The van der Waals surface area contributed by atoms with Gasteiger partial charge in [-0.2, -0.15) is 0 Å². The molecule has 2 fully saturated rings. The fourth-order valence-corrected chi connectivity index (χ4v) is 5.11. The van der Waals surface area contributed by atoms with Crippen molar-refractivity contribution in [2.75, 3.05) is 26.3 Å². The molecule has 0 aromatic heterocycles. The summed E-state index contributed by atoms with van der Waals surface area (Å²) in [6.07, 6.45) is 7.87. The van der Waals surface area contributed by atoms with Crippen LogP contribution in [0.15, 0.2) is 30.0 Å². The zero-order valence-corrected chi connectivity index (χ0v) is 18.5. The molecule has 4 rings (SSSR count). The van der Waals surface area contributed by atoms with Gasteiger partial charge in [-0.3, -0.25) is 14.5 Å². The summed E-state index contributed by atoms with van der Waals surface area (Å²) in [5.41, 5.74) is 1.80. The van der Waals surface area contributed by atoms with Crippen LogP contribution < -0.4 is 4.74 Å². The van der Waals surface area contributed by atoms with Crippen molar-refractivity contribution in [3.8, 4) is 5.75 Å². The third kappa shape index (κ3) is 4.49. The van der Waals surface area contributed by atoms with E-state index in [1.54, 1.807) is 0 Å². The quantitative estimate of drug-likeness (QED) is 0.675. The van der Waals surface area contributed by atoms with Crippen molar-refractivity contribution in [1.82, 2.24) is 9.80 Å². The number of carbonyl (C=O) groups excluding carboxylic acids is 2. The van der Waals surface area contributed by atoms with Crippen molar-refractivity contribution in [2.24, 2.45) is 5.92 Å². The predicted molar refractivity (Wildman–Crippen MR) is 119 cm³/mol. The first-order chi connectivity index (χ1) is 15.1. The maximum Gasteiger partial charge on any atom is 0.278 e. The number of nitrogens with zero attached hydrogens (tertiary/aromatic N) is 2. The predicted octanol–water partition coefficient (Wildman–Crippen LogP) is 3.59. The number of ether oxygens (including phenoxy) is 1. The Kier molecular flexibility index (Phi) is 6.96. The van der Waals surface area contributed by atoms with Gasteiger partial charge in [0.1, 0.15) is 11.4 Å². The van der Waals surface area contributed by atoms with Crippen LogP contribution >= 0.6 is 0 Å². The van der Waals surface area contributed by atoms with Gasteiger partial charge in [-0.1, -0.05) is 38.3 Å². The molecule has 2 aliphatic heterocycles. The van der Waals surface area contributed by atoms with Crippen LogP contribution in [0, 0.1) is 5.92 Å². The molecule has 1 aliphatic carbocycles. The molecular formula is C25H34N2O4. The van der Waals surface area contributed by atoms with Crippen molar-refractivity contribution < 1.29 is 19.4 Å². The van der Waals surface area contributed by atoms with Gasteiger partial charge in [-0.25, -0.2) is 0 Å². The van der Waals surface area contributed by atoms with Gasteiger partial charge < -0.3 is 14.7 Å². The average Bonchev–Trinajstić information content (AvgIpc) is 3.08. The summed E-state index contributed by atoms with van der Waals surface area (Å²) >= 11 is 0. The molecule has 1 saturated carbocycles. The van der Waals surface area contributed by atoms with Crippen LogP contribution in [0.3, 0.4) is 0 Å². The molecule has 1 saturated heterocycles.